The highest BCUT2D eigenvalue weighted by molar-refractivity contribution is 5.74. The number of nitrogens with one attached hydrogen (secondary N) is 2. The van der Waals surface area contributed by atoms with E-state index in [1.807, 2.05) is 6.07 Å². The van der Waals surface area contributed by atoms with E-state index >= 15 is 0 Å². The van der Waals surface area contributed by atoms with Crippen molar-refractivity contribution in [2.45, 2.75) is 50.0 Å². The number of ether oxygens (including phenoxy) is 1. The second kappa shape index (κ2) is 8.43. The molecule has 0 atom stereocenters. The van der Waals surface area contributed by atoms with Crippen LogP contribution in [0.3, 0.4) is 0 Å². The molecule has 0 radical (unpaired) electrons. The molecule has 0 aromatic heterocycles. The number of urea groups is 1. The zero-order valence-electron chi connectivity index (χ0n) is 15.5. The quantitative estimate of drug-likeness (QED) is 0.868. The number of likely N-dealkylation sites (tertiary alicyclic amines) is 1. The predicted molar refractivity (Wildman–Crippen MR) is 100 cm³/mol. The first-order chi connectivity index (χ1) is 12.6. The minimum absolute atomic E-state index is 0.0623. The van der Waals surface area contributed by atoms with E-state index in [1.165, 1.54) is 25.5 Å². The zero-order valence-corrected chi connectivity index (χ0v) is 15.5. The van der Waals surface area contributed by atoms with Gasteiger partial charge >= 0.3 is 12.1 Å². The first-order valence-corrected chi connectivity index (χ1v) is 9.56. The van der Waals surface area contributed by atoms with Crippen LogP contribution in [-0.4, -0.2) is 49.8 Å². The Balaban J connectivity index is 1.49. The van der Waals surface area contributed by atoms with Crippen LogP contribution < -0.4 is 10.6 Å². The molecule has 1 saturated carbocycles. The van der Waals surface area contributed by atoms with E-state index < -0.39 is 0 Å². The maximum absolute atomic E-state index is 12.4. The molecule has 0 spiro atoms. The van der Waals surface area contributed by atoms with Crippen molar-refractivity contribution in [2.24, 2.45) is 0 Å². The number of methoxy groups -OCH3 is 1. The first-order valence-electron chi connectivity index (χ1n) is 9.56. The summed E-state index contributed by atoms with van der Waals surface area (Å²) in [6, 6.07) is 10.5. The second-order valence-electron chi connectivity index (χ2n) is 7.41. The van der Waals surface area contributed by atoms with Gasteiger partial charge in [0, 0.05) is 31.1 Å². The van der Waals surface area contributed by atoms with Crippen molar-refractivity contribution >= 4 is 12.1 Å². The van der Waals surface area contributed by atoms with Gasteiger partial charge in [0.2, 0.25) is 0 Å². The van der Waals surface area contributed by atoms with Crippen LogP contribution in [0.1, 0.15) is 44.1 Å². The molecule has 26 heavy (non-hydrogen) atoms. The van der Waals surface area contributed by atoms with Gasteiger partial charge in [0.1, 0.15) is 0 Å². The summed E-state index contributed by atoms with van der Waals surface area (Å²) in [4.78, 5) is 25.6. The molecule has 1 aromatic carbocycles. The summed E-state index contributed by atoms with van der Waals surface area (Å²) in [5.74, 6) is 0. The highest BCUT2D eigenvalue weighted by atomic mass is 16.5. The van der Waals surface area contributed by atoms with Crippen LogP contribution in [0.4, 0.5) is 9.59 Å². The zero-order chi connectivity index (χ0) is 18.4. The molecule has 1 aliphatic carbocycles. The number of amides is 3. The van der Waals surface area contributed by atoms with Crippen molar-refractivity contribution in [3.63, 3.8) is 0 Å². The van der Waals surface area contributed by atoms with Gasteiger partial charge in [-0.15, -0.1) is 0 Å². The fourth-order valence-electron chi connectivity index (χ4n) is 4.23. The number of benzene rings is 1. The molecule has 1 aromatic rings. The minimum Gasteiger partial charge on any atom is -0.453 e. The Hall–Kier alpha value is -2.24. The molecule has 6 heteroatoms. The van der Waals surface area contributed by atoms with Gasteiger partial charge in [0.05, 0.1) is 7.11 Å². The Bertz CT molecular complexity index is 606. The highest BCUT2D eigenvalue weighted by Gasteiger charge is 2.36. The largest absolute Gasteiger partial charge is 0.453 e. The smallest absolute Gasteiger partial charge is 0.409 e. The van der Waals surface area contributed by atoms with Gasteiger partial charge in [0.15, 0.2) is 0 Å². The van der Waals surface area contributed by atoms with Crippen LogP contribution in [-0.2, 0) is 10.2 Å². The average molecular weight is 359 g/mol. The highest BCUT2D eigenvalue weighted by Crippen LogP contribution is 2.40. The molecular formula is C20H29N3O3. The Morgan fingerprint density at radius 3 is 2.42 bits per heavy atom. The van der Waals surface area contributed by atoms with E-state index in [0.717, 1.165) is 25.7 Å². The Morgan fingerprint density at radius 1 is 1.15 bits per heavy atom. The molecule has 2 N–H and O–H groups in total. The number of hydrogen-bond donors (Lipinski definition) is 2. The lowest BCUT2D eigenvalue weighted by Crippen LogP contribution is -2.51. The summed E-state index contributed by atoms with van der Waals surface area (Å²) in [5.41, 5.74) is 1.39. The Kier molecular flexibility index (Phi) is 6.01. The van der Waals surface area contributed by atoms with Crippen LogP contribution in [0, 0.1) is 0 Å². The summed E-state index contributed by atoms with van der Waals surface area (Å²) in [6.45, 7) is 1.90. The lowest BCUT2D eigenvalue weighted by Gasteiger charge is -2.33. The van der Waals surface area contributed by atoms with E-state index in [9.17, 15) is 9.59 Å². The molecule has 2 aliphatic rings. The van der Waals surface area contributed by atoms with Gasteiger partial charge in [-0.2, -0.15) is 0 Å². The number of hydrogen-bond acceptors (Lipinski definition) is 3. The Morgan fingerprint density at radius 2 is 1.81 bits per heavy atom. The van der Waals surface area contributed by atoms with Crippen LogP contribution in [0.5, 0.6) is 0 Å². The fraction of sp³-hybridized carbons (Fsp3) is 0.600. The summed E-state index contributed by atoms with van der Waals surface area (Å²) in [6.07, 6.45) is 5.88. The molecule has 6 nitrogen and oxygen atoms in total. The fourth-order valence-corrected chi connectivity index (χ4v) is 4.23. The van der Waals surface area contributed by atoms with Gasteiger partial charge in [0.25, 0.3) is 0 Å². The van der Waals surface area contributed by atoms with E-state index in [1.54, 1.807) is 4.90 Å². The van der Waals surface area contributed by atoms with Crippen molar-refractivity contribution in [1.82, 2.24) is 15.5 Å². The lowest BCUT2D eigenvalue weighted by atomic mass is 9.79. The third-order valence-corrected chi connectivity index (χ3v) is 5.80. The van der Waals surface area contributed by atoms with Gasteiger partial charge in [-0.3, -0.25) is 0 Å². The molecule has 2 fully saturated rings. The summed E-state index contributed by atoms with van der Waals surface area (Å²) < 4.78 is 4.74. The average Bonchev–Trinajstić information content (AvgIpc) is 3.17. The van der Waals surface area contributed by atoms with Gasteiger partial charge in [-0.05, 0) is 31.2 Å². The maximum Gasteiger partial charge on any atom is 0.409 e. The van der Waals surface area contributed by atoms with Crippen LogP contribution in [0.2, 0.25) is 0 Å². The first kappa shape index (κ1) is 18.5. The lowest BCUT2D eigenvalue weighted by molar-refractivity contribution is 0.110. The van der Waals surface area contributed by atoms with Gasteiger partial charge in [-0.1, -0.05) is 43.2 Å². The third kappa shape index (κ3) is 4.29. The van der Waals surface area contributed by atoms with E-state index in [2.05, 4.69) is 34.9 Å². The Labute approximate surface area is 155 Å². The monoisotopic (exact) mass is 359 g/mol. The normalized spacial score (nSPS) is 19.8. The number of carbonyl (C=O) groups excluding carboxylic acids is 2. The maximum atomic E-state index is 12.4. The van der Waals surface area contributed by atoms with E-state index in [-0.39, 0.29) is 23.6 Å². The SMILES string of the molecule is COC(=O)N1CCC(NC(=O)NCC2(c3ccccc3)CCCC2)CC1. The number of rotatable bonds is 4. The van der Waals surface area contributed by atoms with Crippen molar-refractivity contribution in [3.05, 3.63) is 35.9 Å². The molecule has 1 heterocycles. The molecule has 1 aliphatic heterocycles. The van der Waals surface area contributed by atoms with Crippen molar-refractivity contribution in [3.8, 4) is 0 Å². The predicted octanol–water partition coefficient (Wildman–Crippen LogP) is 3.03. The van der Waals surface area contributed by atoms with Crippen molar-refractivity contribution in [1.29, 1.82) is 0 Å². The van der Waals surface area contributed by atoms with Crippen LogP contribution in [0.15, 0.2) is 30.3 Å². The molecular weight excluding hydrogens is 330 g/mol. The third-order valence-electron chi connectivity index (χ3n) is 5.80. The molecule has 1 saturated heterocycles. The van der Waals surface area contributed by atoms with Gasteiger partial charge < -0.3 is 20.3 Å². The van der Waals surface area contributed by atoms with E-state index in [0.29, 0.717) is 19.6 Å². The number of carbonyl (C=O) groups is 2. The van der Waals surface area contributed by atoms with Crippen molar-refractivity contribution in [2.75, 3.05) is 26.7 Å². The summed E-state index contributed by atoms with van der Waals surface area (Å²) in [5, 5.41) is 6.16. The molecule has 3 rings (SSSR count). The number of nitrogens with zero attached hydrogens (tertiary/aromatic N) is 1. The second-order valence-corrected chi connectivity index (χ2v) is 7.41. The molecule has 0 unspecified atom stereocenters. The molecule has 3 amide bonds. The minimum atomic E-state index is -0.293. The topological polar surface area (TPSA) is 70.7 Å². The van der Waals surface area contributed by atoms with Gasteiger partial charge in [-0.25, -0.2) is 9.59 Å². The standard InChI is InChI=1S/C20H29N3O3/c1-26-19(25)23-13-9-17(10-14-23)22-18(24)21-15-20(11-5-6-12-20)16-7-3-2-4-8-16/h2-4,7-8,17H,5-6,9-15H2,1H3,(H2,21,22,24). The summed E-state index contributed by atoms with van der Waals surface area (Å²) in [7, 11) is 1.39. The molecule has 142 valence electrons. The molecule has 0 bridgehead atoms. The van der Waals surface area contributed by atoms with E-state index in [4.69, 9.17) is 4.74 Å². The van der Waals surface area contributed by atoms with Crippen LogP contribution in [0.25, 0.3) is 0 Å². The van der Waals surface area contributed by atoms with Crippen molar-refractivity contribution < 1.29 is 14.3 Å². The van der Waals surface area contributed by atoms with Crippen LogP contribution >= 0.6 is 0 Å². The number of piperidine rings is 1. The summed E-state index contributed by atoms with van der Waals surface area (Å²) >= 11 is 0.